The quantitative estimate of drug-likeness (QED) is 0.581. The van der Waals surface area contributed by atoms with Gasteiger partial charge < -0.3 is 10.6 Å². The lowest BCUT2D eigenvalue weighted by molar-refractivity contribution is -0.137. The number of aromatic nitrogens is 2. The molecule has 2 amide bonds. The zero-order valence-corrected chi connectivity index (χ0v) is 14.5. The normalized spacial score (nSPS) is 11.2. The van der Waals surface area contributed by atoms with Crippen LogP contribution < -0.4 is 10.6 Å². The van der Waals surface area contributed by atoms with Gasteiger partial charge in [-0.25, -0.2) is 0 Å². The van der Waals surface area contributed by atoms with Crippen molar-refractivity contribution in [1.82, 2.24) is 10.2 Å². The van der Waals surface area contributed by atoms with Crippen LogP contribution in [0, 0.1) is 0 Å². The molecule has 2 N–H and O–H groups in total. The zero-order chi connectivity index (χ0) is 18.4. The molecule has 6 nitrogen and oxygen atoms in total. The number of nitrogens with one attached hydrogen (secondary N) is 2. The van der Waals surface area contributed by atoms with Gasteiger partial charge in [0, 0.05) is 12.1 Å². The van der Waals surface area contributed by atoms with Crippen LogP contribution in [0.1, 0.15) is 18.9 Å². The Bertz CT molecular complexity index is 747. The molecule has 0 spiro atoms. The summed E-state index contributed by atoms with van der Waals surface area (Å²) in [4.78, 5) is 23.1. The van der Waals surface area contributed by atoms with Gasteiger partial charge in [0.2, 0.25) is 16.9 Å². The summed E-state index contributed by atoms with van der Waals surface area (Å²) in [7, 11) is 0. The van der Waals surface area contributed by atoms with Crippen molar-refractivity contribution in [2.45, 2.75) is 23.9 Å². The molecule has 11 heteroatoms. The van der Waals surface area contributed by atoms with Gasteiger partial charge in [0.05, 0.1) is 11.3 Å². The molecule has 1 aromatic heterocycles. The number of benzene rings is 1. The Hall–Kier alpha value is -2.14. The lowest BCUT2D eigenvalue weighted by atomic mass is 10.2. The van der Waals surface area contributed by atoms with Crippen molar-refractivity contribution >= 4 is 45.7 Å². The number of halogens is 3. The number of rotatable bonds is 6. The summed E-state index contributed by atoms with van der Waals surface area (Å²) < 4.78 is 37.9. The summed E-state index contributed by atoms with van der Waals surface area (Å²) in [5.41, 5.74) is -0.512. The molecule has 0 unspecified atom stereocenters. The molecule has 0 saturated carbocycles. The molecule has 0 bridgehead atoms. The van der Waals surface area contributed by atoms with Gasteiger partial charge in [0.1, 0.15) is 0 Å². The summed E-state index contributed by atoms with van der Waals surface area (Å²) in [5.74, 6) is -0.566. The second-order valence-electron chi connectivity index (χ2n) is 4.69. The zero-order valence-electron chi connectivity index (χ0n) is 12.9. The van der Waals surface area contributed by atoms with Crippen LogP contribution in [0.3, 0.4) is 0 Å². The number of amides is 2. The lowest BCUT2D eigenvalue weighted by Gasteiger charge is -2.08. The van der Waals surface area contributed by atoms with Crippen LogP contribution in [-0.4, -0.2) is 27.8 Å². The van der Waals surface area contributed by atoms with Gasteiger partial charge in [-0.15, -0.1) is 10.2 Å². The van der Waals surface area contributed by atoms with Crippen molar-refractivity contribution in [3.8, 4) is 0 Å². The second kappa shape index (κ2) is 8.30. The number of thioether (sulfide) groups is 1. The van der Waals surface area contributed by atoms with Gasteiger partial charge >= 0.3 is 6.18 Å². The van der Waals surface area contributed by atoms with Crippen molar-refractivity contribution in [2.75, 3.05) is 16.4 Å². The lowest BCUT2D eigenvalue weighted by Crippen LogP contribution is -2.14. The van der Waals surface area contributed by atoms with Crippen LogP contribution in [-0.2, 0) is 15.8 Å². The fraction of sp³-hybridized carbons (Fsp3) is 0.286. The minimum atomic E-state index is -4.42. The van der Waals surface area contributed by atoms with Crippen molar-refractivity contribution in [1.29, 1.82) is 0 Å². The molecule has 0 aliphatic heterocycles. The number of alkyl halides is 3. The minimum Gasteiger partial charge on any atom is -0.325 e. The van der Waals surface area contributed by atoms with Gasteiger partial charge in [-0.2, -0.15) is 13.2 Å². The highest BCUT2D eigenvalue weighted by atomic mass is 32.2. The average Bonchev–Trinajstić information content (AvgIpc) is 3.00. The van der Waals surface area contributed by atoms with Crippen LogP contribution >= 0.6 is 23.1 Å². The predicted molar refractivity (Wildman–Crippen MR) is 89.6 cm³/mol. The Morgan fingerprint density at radius 1 is 1.12 bits per heavy atom. The van der Waals surface area contributed by atoms with E-state index < -0.39 is 11.7 Å². The molecule has 0 fully saturated rings. The van der Waals surface area contributed by atoms with Crippen molar-refractivity contribution in [3.05, 3.63) is 29.8 Å². The van der Waals surface area contributed by atoms with Gasteiger partial charge in [-0.05, 0) is 24.3 Å². The summed E-state index contributed by atoms with van der Waals surface area (Å²) in [6, 6.07) is 4.18. The molecule has 25 heavy (non-hydrogen) atoms. The third-order valence-corrected chi connectivity index (χ3v) is 4.77. The van der Waals surface area contributed by atoms with E-state index in [1.165, 1.54) is 12.1 Å². The number of hydrogen-bond donors (Lipinski definition) is 2. The van der Waals surface area contributed by atoms with E-state index >= 15 is 0 Å². The van der Waals surface area contributed by atoms with Crippen molar-refractivity contribution in [2.24, 2.45) is 0 Å². The first kappa shape index (κ1) is 19.2. The van der Waals surface area contributed by atoms with Crippen LogP contribution in [0.2, 0.25) is 0 Å². The summed E-state index contributed by atoms with van der Waals surface area (Å²) >= 11 is 2.25. The SMILES string of the molecule is CCC(=O)Nc1nnc(SCC(=O)Nc2ccc(C(F)(F)F)cc2)s1. The minimum absolute atomic E-state index is 0.0113. The van der Waals surface area contributed by atoms with Gasteiger partial charge in [-0.1, -0.05) is 30.0 Å². The molecule has 1 heterocycles. The van der Waals surface area contributed by atoms with Gasteiger partial charge in [0.15, 0.2) is 4.34 Å². The molecular formula is C14H13F3N4O2S2. The van der Waals surface area contributed by atoms with Crippen molar-refractivity contribution < 1.29 is 22.8 Å². The van der Waals surface area contributed by atoms with Gasteiger partial charge in [0.25, 0.3) is 0 Å². The van der Waals surface area contributed by atoms with E-state index in [1.54, 1.807) is 6.92 Å². The highest BCUT2D eigenvalue weighted by Gasteiger charge is 2.29. The summed E-state index contributed by atoms with van der Waals surface area (Å²) in [6.45, 7) is 1.71. The number of carbonyl (C=O) groups is 2. The van der Waals surface area contributed by atoms with E-state index in [0.29, 0.717) is 15.9 Å². The Morgan fingerprint density at radius 2 is 1.80 bits per heavy atom. The fourth-order valence-electron chi connectivity index (χ4n) is 1.59. The summed E-state index contributed by atoms with van der Waals surface area (Å²) in [5, 5.41) is 13.0. The standard InChI is InChI=1S/C14H13F3N4O2S2/c1-2-10(22)19-12-20-21-13(25-12)24-7-11(23)18-9-5-3-8(4-6-9)14(15,16)17/h3-6H,2,7H2,1H3,(H,18,23)(H,19,20,22). The highest BCUT2D eigenvalue weighted by Crippen LogP contribution is 2.30. The molecular weight excluding hydrogens is 377 g/mol. The number of anilines is 2. The van der Waals surface area contributed by atoms with E-state index in [9.17, 15) is 22.8 Å². The molecule has 0 aliphatic rings. The first-order valence-corrected chi connectivity index (χ1v) is 8.81. The smallest absolute Gasteiger partial charge is 0.325 e. The largest absolute Gasteiger partial charge is 0.416 e. The molecule has 1 aromatic carbocycles. The van der Waals surface area contributed by atoms with E-state index in [4.69, 9.17) is 0 Å². The first-order chi connectivity index (χ1) is 11.8. The maximum absolute atomic E-state index is 12.5. The topological polar surface area (TPSA) is 84.0 Å². The Morgan fingerprint density at radius 3 is 2.40 bits per heavy atom. The third-order valence-electron chi connectivity index (χ3n) is 2.80. The molecule has 134 valence electrons. The molecule has 2 rings (SSSR count). The first-order valence-electron chi connectivity index (χ1n) is 7.01. The van der Waals surface area contributed by atoms with E-state index in [-0.39, 0.29) is 23.3 Å². The summed E-state index contributed by atoms with van der Waals surface area (Å²) in [6.07, 6.45) is -4.10. The van der Waals surface area contributed by atoms with Crippen LogP contribution in [0.25, 0.3) is 0 Å². The van der Waals surface area contributed by atoms with E-state index in [0.717, 1.165) is 35.2 Å². The molecule has 0 radical (unpaired) electrons. The Labute approximate surface area is 149 Å². The monoisotopic (exact) mass is 390 g/mol. The number of nitrogens with zero attached hydrogens (tertiary/aromatic N) is 2. The number of hydrogen-bond acceptors (Lipinski definition) is 6. The molecule has 0 saturated heterocycles. The second-order valence-corrected chi connectivity index (χ2v) is 6.89. The van der Waals surface area contributed by atoms with E-state index in [2.05, 4.69) is 20.8 Å². The third kappa shape index (κ3) is 6.02. The number of carbonyl (C=O) groups excluding carboxylic acids is 2. The molecule has 0 aliphatic carbocycles. The average molecular weight is 390 g/mol. The Balaban J connectivity index is 1.83. The maximum atomic E-state index is 12.5. The molecule has 2 aromatic rings. The van der Waals surface area contributed by atoms with Gasteiger partial charge in [-0.3, -0.25) is 9.59 Å². The molecule has 0 atom stereocenters. The Kier molecular flexibility index (Phi) is 6.37. The highest BCUT2D eigenvalue weighted by molar-refractivity contribution is 8.01. The van der Waals surface area contributed by atoms with Crippen LogP contribution in [0.15, 0.2) is 28.6 Å². The van der Waals surface area contributed by atoms with Crippen molar-refractivity contribution in [3.63, 3.8) is 0 Å². The fourth-order valence-corrected chi connectivity index (χ4v) is 3.16. The predicted octanol–water partition coefficient (Wildman–Crippen LogP) is 3.64. The van der Waals surface area contributed by atoms with Crippen LogP contribution in [0.4, 0.5) is 24.0 Å². The van der Waals surface area contributed by atoms with Crippen LogP contribution in [0.5, 0.6) is 0 Å². The maximum Gasteiger partial charge on any atom is 0.416 e. The van der Waals surface area contributed by atoms with E-state index in [1.807, 2.05) is 0 Å².